The van der Waals surface area contributed by atoms with Gasteiger partial charge < -0.3 is 0 Å². The average Bonchev–Trinajstić information content (AvgIpc) is 2.76. The highest BCUT2D eigenvalue weighted by Gasteiger charge is 2.37. The lowest BCUT2D eigenvalue weighted by Crippen LogP contribution is -2.56. The van der Waals surface area contributed by atoms with Crippen LogP contribution >= 0.6 is 0 Å². The van der Waals surface area contributed by atoms with E-state index in [4.69, 9.17) is 0 Å². The number of rotatable bonds is 2. The van der Waals surface area contributed by atoms with Crippen molar-refractivity contribution < 1.29 is 14.4 Å². The van der Waals surface area contributed by atoms with Gasteiger partial charge in [-0.05, 0) is 23.1 Å². The summed E-state index contributed by atoms with van der Waals surface area (Å²) in [6.07, 6.45) is 0.211. The molecular weight excluding hydrogens is 270 g/mol. The molecule has 6 heteroatoms. The lowest BCUT2D eigenvalue weighted by molar-refractivity contribution is -0.123. The number of carbonyl (C=O) groups is 3. The van der Waals surface area contributed by atoms with Gasteiger partial charge in [-0.25, -0.2) is 14.8 Å². The smallest absolute Gasteiger partial charge is 0.276 e. The quantitative estimate of drug-likeness (QED) is 0.898. The van der Waals surface area contributed by atoms with E-state index in [0.717, 1.165) is 11.1 Å². The van der Waals surface area contributed by atoms with Crippen LogP contribution in [0.4, 0.5) is 4.79 Å². The normalized spacial score (nSPS) is 18.3. The number of nitrogens with one attached hydrogen (secondary N) is 1. The molecule has 4 amide bonds. The zero-order valence-corrected chi connectivity index (χ0v) is 12.0. The van der Waals surface area contributed by atoms with Gasteiger partial charge in [0, 0.05) is 12.0 Å². The first-order valence-electron chi connectivity index (χ1n) is 7.04. The molecule has 0 bridgehead atoms. The monoisotopic (exact) mass is 287 g/mol. The summed E-state index contributed by atoms with van der Waals surface area (Å²) in [5.41, 5.74) is 2.74. The topological polar surface area (TPSA) is 69.7 Å². The van der Waals surface area contributed by atoms with E-state index in [1.54, 1.807) is 6.07 Å². The Hall–Kier alpha value is -2.37. The zero-order valence-electron chi connectivity index (χ0n) is 12.0. The molecule has 110 valence electrons. The van der Waals surface area contributed by atoms with Crippen LogP contribution in [-0.4, -0.2) is 34.4 Å². The van der Waals surface area contributed by atoms with Crippen LogP contribution in [0.3, 0.4) is 0 Å². The van der Waals surface area contributed by atoms with Gasteiger partial charge in [-0.2, -0.15) is 0 Å². The van der Waals surface area contributed by atoms with E-state index < -0.39 is 6.03 Å². The fraction of sp³-hybridized carbons (Fsp3) is 0.400. The summed E-state index contributed by atoms with van der Waals surface area (Å²) in [7, 11) is 0. The van der Waals surface area contributed by atoms with Gasteiger partial charge in [0.15, 0.2) is 0 Å². The summed E-state index contributed by atoms with van der Waals surface area (Å²) in [6, 6.07) is 5.14. The summed E-state index contributed by atoms with van der Waals surface area (Å²) in [5, 5.41) is 5.00. The highest BCUT2D eigenvalue weighted by molar-refractivity contribution is 6.02. The molecule has 2 heterocycles. The largest absolute Gasteiger partial charge is 0.342 e. The minimum atomic E-state index is -0.529. The molecule has 21 heavy (non-hydrogen) atoms. The Morgan fingerprint density at radius 2 is 1.90 bits per heavy atom. The van der Waals surface area contributed by atoms with Crippen LogP contribution in [0.2, 0.25) is 0 Å². The number of hydrogen-bond donors (Lipinski definition) is 1. The van der Waals surface area contributed by atoms with Crippen LogP contribution in [0.1, 0.15) is 47.7 Å². The third-order valence-electron chi connectivity index (χ3n) is 3.93. The average molecular weight is 287 g/mol. The van der Waals surface area contributed by atoms with Gasteiger partial charge in [-0.1, -0.05) is 26.0 Å². The van der Waals surface area contributed by atoms with Crippen molar-refractivity contribution in [2.45, 2.75) is 32.7 Å². The molecule has 1 fully saturated rings. The molecule has 0 spiro atoms. The van der Waals surface area contributed by atoms with Crippen LogP contribution < -0.4 is 5.32 Å². The van der Waals surface area contributed by atoms with Crippen molar-refractivity contribution in [3.05, 3.63) is 34.9 Å². The highest BCUT2D eigenvalue weighted by atomic mass is 16.2. The van der Waals surface area contributed by atoms with Crippen LogP contribution in [0.5, 0.6) is 0 Å². The first-order chi connectivity index (χ1) is 9.99. The van der Waals surface area contributed by atoms with Gasteiger partial charge in [0.05, 0.1) is 13.1 Å². The van der Waals surface area contributed by atoms with Crippen LogP contribution in [0, 0.1) is 0 Å². The standard InChI is InChI=1S/C15H17N3O3/c1-9(2)10-4-3-5-11-12(10)8-18(14(11)20)17-7-6-13(19)16-15(17)21/h3-5,9H,6-8H2,1-2H3,(H,16,19,21). The Morgan fingerprint density at radius 1 is 1.14 bits per heavy atom. The molecule has 2 aliphatic heterocycles. The molecule has 0 atom stereocenters. The van der Waals surface area contributed by atoms with E-state index in [-0.39, 0.29) is 24.8 Å². The summed E-state index contributed by atoms with van der Waals surface area (Å²) < 4.78 is 0. The van der Waals surface area contributed by atoms with Crippen molar-refractivity contribution in [2.24, 2.45) is 0 Å². The second-order valence-corrected chi connectivity index (χ2v) is 5.62. The number of amides is 4. The molecule has 1 saturated heterocycles. The first-order valence-corrected chi connectivity index (χ1v) is 7.04. The number of hydrogen-bond acceptors (Lipinski definition) is 3. The van der Waals surface area contributed by atoms with Crippen molar-refractivity contribution in [3.8, 4) is 0 Å². The molecule has 3 rings (SSSR count). The predicted molar refractivity (Wildman–Crippen MR) is 75.3 cm³/mol. The van der Waals surface area contributed by atoms with Crippen LogP contribution in [0.25, 0.3) is 0 Å². The van der Waals surface area contributed by atoms with E-state index in [0.29, 0.717) is 18.0 Å². The molecule has 1 aromatic carbocycles. The molecule has 0 saturated carbocycles. The molecule has 0 aliphatic carbocycles. The predicted octanol–water partition coefficient (Wildman–Crippen LogP) is 1.62. The fourth-order valence-corrected chi connectivity index (χ4v) is 2.86. The van der Waals surface area contributed by atoms with Gasteiger partial charge in [-0.15, -0.1) is 0 Å². The van der Waals surface area contributed by atoms with Crippen molar-refractivity contribution in [1.29, 1.82) is 0 Å². The second kappa shape index (κ2) is 4.87. The van der Waals surface area contributed by atoms with E-state index in [1.165, 1.54) is 10.0 Å². The van der Waals surface area contributed by atoms with Crippen LogP contribution in [-0.2, 0) is 11.3 Å². The third-order valence-corrected chi connectivity index (χ3v) is 3.93. The summed E-state index contributed by atoms with van der Waals surface area (Å²) in [5.74, 6) is -0.176. The molecule has 0 aromatic heterocycles. The van der Waals surface area contributed by atoms with Gasteiger partial charge in [0.2, 0.25) is 5.91 Å². The van der Waals surface area contributed by atoms with E-state index >= 15 is 0 Å². The number of benzene rings is 1. The van der Waals surface area contributed by atoms with Crippen molar-refractivity contribution in [2.75, 3.05) is 6.54 Å². The van der Waals surface area contributed by atoms with Crippen molar-refractivity contribution >= 4 is 17.8 Å². The number of urea groups is 1. The maximum absolute atomic E-state index is 12.5. The molecule has 0 unspecified atom stereocenters. The molecular formula is C15H17N3O3. The van der Waals surface area contributed by atoms with E-state index in [9.17, 15) is 14.4 Å². The van der Waals surface area contributed by atoms with Gasteiger partial charge in [0.25, 0.3) is 5.91 Å². The van der Waals surface area contributed by atoms with E-state index in [2.05, 4.69) is 19.2 Å². The Morgan fingerprint density at radius 3 is 2.57 bits per heavy atom. The third kappa shape index (κ3) is 2.16. The number of imide groups is 1. The SMILES string of the molecule is CC(C)c1cccc2c1CN(N1CCC(=O)NC1=O)C2=O. The molecule has 6 nitrogen and oxygen atoms in total. The van der Waals surface area contributed by atoms with E-state index in [1.807, 2.05) is 12.1 Å². The zero-order chi connectivity index (χ0) is 15.1. The number of nitrogens with zero attached hydrogens (tertiary/aromatic N) is 2. The highest BCUT2D eigenvalue weighted by Crippen LogP contribution is 2.31. The van der Waals surface area contributed by atoms with Gasteiger partial charge in [0.1, 0.15) is 0 Å². The fourth-order valence-electron chi connectivity index (χ4n) is 2.86. The Labute approximate surface area is 122 Å². The first kappa shape index (κ1) is 13.6. The number of carbonyl (C=O) groups excluding carboxylic acids is 3. The Bertz CT molecular complexity index is 639. The van der Waals surface area contributed by atoms with Crippen molar-refractivity contribution in [1.82, 2.24) is 15.3 Å². The molecule has 2 aliphatic rings. The van der Waals surface area contributed by atoms with Gasteiger partial charge >= 0.3 is 6.03 Å². The summed E-state index contributed by atoms with van der Waals surface area (Å²) in [4.78, 5) is 35.6. The molecule has 1 aromatic rings. The van der Waals surface area contributed by atoms with Crippen LogP contribution in [0.15, 0.2) is 18.2 Å². The second-order valence-electron chi connectivity index (χ2n) is 5.62. The number of fused-ring (bicyclic) bond motifs is 1. The lowest BCUT2D eigenvalue weighted by Gasteiger charge is -2.33. The maximum atomic E-state index is 12.5. The summed E-state index contributed by atoms with van der Waals surface area (Å²) >= 11 is 0. The molecule has 1 N–H and O–H groups in total. The molecule has 0 radical (unpaired) electrons. The Kier molecular flexibility index (Phi) is 3.16. The minimum Gasteiger partial charge on any atom is -0.276 e. The number of hydrazine groups is 1. The van der Waals surface area contributed by atoms with Gasteiger partial charge in [-0.3, -0.25) is 14.9 Å². The minimum absolute atomic E-state index is 0.183. The maximum Gasteiger partial charge on any atom is 0.342 e. The Balaban J connectivity index is 1.92. The lowest BCUT2D eigenvalue weighted by atomic mass is 9.95. The van der Waals surface area contributed by atoms with Crippen molar-refractivity contribution in [3.63, 3.8) is 0 Å². The summed E-state index contributed by atoms with van der Waals surface area (Å²) in [6.45, 7) is 4.77.